The Kier molecular flexibility index (Phi) is 4.57. The lowest BCUT2D eigenvalue weighted by molar-refractivity contribution is -0.128. The van der Waals surface area contributed by atoms with Gasteiger partial charge in [-0.1, -0.05) is 13.8 Å². The Bertz CT molecular complexity index is 489. The van der Waals surface area contributed by atoms with Gasteiger partial charge in [0.2, 0.25) is 5.91 Å². The number of hydrogen-bond acceptors (Lipinski definition) is 4. The summed E-state index contributed by atoms with van der Waals surface area (Å²) < 4.78 is 0.715. The summed E-state index contributed by atoms with van der Waals surface area (Å²) >= 11 is 4.70. The number of aromatic nitrogens is 1. The zero-order valence-electron chi connectivity index (χ0n) is 10.9. The number of carbonyl (C=O) groups excluding carboxylic acids is 2. The number of hydrogen-bond donors (Lipinski definition) is 1. The Morgan fingerprint density at radius 3 is 3.00 bits per heavy atom. The second kappa shape index (κ2) is 6.00. The molecule has 0 saturated carbocycles. The Balaban J connectivity index is 2.22. The highest BCUT2D eigenvalue weighted by atomic mass is 79.9. The van der Waals surface area contributed by atoms with Crippen LogP contribution in [0.3, 0.4) is 0 Å². The van der Waals surface area contributed by atoms with E-state index in [4.69, 9.17) is 0 Å². The van der Waals surface area contributed by atoms with E-state index in [2.05, 4.69) is 26.2 Å². The standard InChI is InChI=1S/C12H16BrN3O2S/c1-7(2)5-8-11(17)14-3-4-16(8)12(18)9-10(13)19-6-15-9/h6-8H,3-5H2,1-2H3,(H,14,17)/t8-/m0/s1. The molecule has 2 heterocycles. The number of nitrogens with one attached hydrogen (secondary N) is 1. The minimum atomic E-state index is -0.394. The molecule has 1 aromatic heterocycles. The zero-order valence-corrected chi connectivity index (χ0v) is 13.3. The molecule has 7 heteroatoms. The molecule has 0 aromatic carbocycles. The van der Waals surface area contributed by atoms with Crippen LogP contribution in [0, 0.1) is 5.92 Å². The molecule has 0 aliphatic carbocycles. The van der Waals surface area contributed by atoms with Gasteiger partial charge < -0.3 is 10.2 Å². The largest absolute Gasteiger partial charge is 0.353 e. The van der Waals surface area contributed by atoms with Crippen molar-refractivity contribution >= 4 is 39.1 Å². The molecule has 1 aliphatic heterocycles. The minimum absolute atomic E-state index is 0.0698. The van der Waals surface area contributed by atoms with Crippen LogP contribution in [0.15, 0.2) is 9.30 Å². The summed E-state index contributed by atoms with van der Waals surface area (Å²) in [7, 11) is 0. The van der Waals surface area contributed by atoms with E-state index in [1.807, 2.05) is 13.8 Å². The van der Waals surface area contributed by atoms with Gasteiger partial charge in [0.1, 0.15) is 9.83 Å². The normalized spacial score (nSPS) is 19.7. The highest BCUT2D eigenvalue weighted by molar-refractivity contribution is 9.11. The van der Waals surface area contributed by atoms with Crippen LogP contribution in [0.4, 0.5) is 0 Å². The molecule has 1 saturated heterocycles. The molecule has 2 rings (SSSR count). The van der Waals surface area contributed by atoms with Crippen LogP contribution in [0.5, 0.6) is 0 Å². The van der Waals surface area contributed by atoms with Crippen molar-refractivity contribution in [2.24, 2.45) is 5.92 Å². The first-order chi connectivity index (χ1) is 9.00. The van der Waals surface area contributed by atoms with Gasteiger partial charge in [-0.2, -0.15) is 0 Å². The molecule has 1 fully saturated rings. The third-order valence-corrected chi connectivity index (χ3v) is 4.56. The molecule has 1 aliphatic rings. The van der Waals surface area contributed by atoms with E-state index in [1.165, 1.54) is 11.3 Å². The predicted octanol–water partition coefficient (Wildman–Crippen LogP) is 1.89. The van der Waals surface area contributed by atoms with Gasteiger partial charge in [-0.15, -0.1) is 11.3 Å². The average Bonchev–Trinajstić information content (AvgIpc) is 2.77. The van der Waals surface area contributed by atoms with Crippen LogP contribution in [0.2, 0.25) is 0 Å². The van der Waals surface area contributed by atoms with Crippen LogP contribution >= 0.6 is 27.3 Å². The number of amides is 2. The van der Waals surface area contributed by atoms with Crippen LogP contribution in [0.1, 0.15) is 30.8 Å². The van der Waals surface area contributed by atoms with Crippen molar-refractivity contribution in [2.45, 2.75) is 26.3 Å². The van der Waals surface area contributed by atoms with Gasteiger partial charge in [0.15, 0.2) is 5.69 Å². The monoisotopic (exact) mass is 345 g/mol. The number of rotatable bonds is 3. The summed E-state index contributed by atoms with van der Waals surface area (Å²) in [5, 5.41) is 2.82. The molecule has 0 radical (unpaired) electrons. The lowest BCUT2D eigenvalue weighted by atomic mass is 10.00. The topological polar surface area (TPSA) is 62.3 Å². The van der Waals surface area contributed by atoms with Gasteiger partial charge in [-0.25, -0.2) is 4.98 Å². The first-order valence-electron chi connectivity index (χ1n) is 6.18. The van der Waals surface area contributed by atoms with Crippen molar-refractivity contribution in [1.82, 2.24) is 15.2 Å². The maximum Gasteiger partial charge on any atom is 0.275 e. The third-order valence-electron chi connectivity index (χ3n) is 3.01. The maximum absolute atomic E-state index is 12.5. The van der Waals surface area contributed by atoms with Crippen LogP contribution in [0.25, 0.3) is 0 Å². The van der Waals surface area contributed by atoms with Crippen LogP contribution < -0.4 is 5.32 Å². The van der Waals surface area contributed by atoms with Crippen molar-refractivity contribution in [3.63, 3.8) is 0 Å². The molecular formula is C12H16BrN3O2S. The van der Waals surface area contributed by atoms with E-state index in [0.29, 0.717) is 34.9 Å². The highest BCUT2D eigenvalue weighted by Gasteiger charge is 2.35. The fourth-order valence-corrected chi connectivity index (χ4v) is 3.17. The van der Waals surface area contributed by atoms with Crippen molar-refractivity contribution in [3.8, 4) is 0 Å². The fourth-order valence-electron chi connectivity index (χ4n) is 2.15. The smallest absolute Gasteiger partial charge is 0.275 e. The van der Waals surface area contributed by atoms with E-state index in [-0.39, 0.29) is 11.8 Å². The summed E-state index contributed by atoms with van der Waals surface area (Å²) in [4.78, 5) is 30.2. The minimum Gasteiger partial charge on any atom is -0.353 e. The molecular weight excluding hydrogens is 330 g/mol. The molecule has 0 unspecified atom stereocenters. The maximum atomic E-state index is 12.5. The third kappa shape index (κ3) is 3.14. The highest BCUT2D eigenvalue weighted by Crippen LogP contribution is 2.24. The number of thiazole rings is 1. The Hall–Kier alpha value is -0.950. The van der Waals surface area contributed by atoms with Gasteiger partial charge in [-0.05, 0) is 28.3 Å². The van der Waals surface area contributed by atoms with Crippen LogP contribution in [-0.2, 0) is 4.79 Å². The zero-order chi connectivity index (χ0) is 14.0. The van der Waals surface area contributed by atoms with E-state index in [9.17, 15) is 9.59 Å². The molecule has 19 heavy (non-hydrogen) atoms. The summed E-state index contributed by atoms with van der Waals surface area (Å²) in [6.45, 7) is 5.12. The summed E-state index contributed by atoms with van der Waals surface area (Å²) in [6.07, 6.45) is 0.666. The molecule has 1 aromatic rings. The van der Waals surface area contributed by atoms with Crippen molar-refractivity contribution in [2.75, 3.05) is 13.1 Å². The Morgan fingerprint density at radius 2 is 2.42 bits per heavy atom. The lowest BCUT2D eigenvalue weighted by Gasteiger charge is -2.35. The van der Waals surface area contributed by atoms with E-state index < -0.39 is 6.04 Å². The van der Waals surface area contributed by atoms with Gasteiger partial charge in [0.05, 0.1) is 5.51 Å². The van der Waals surface area contributed by atoms with Crippen LogP contribution in [-0.4, -0.2) is 40.8 Å². The lowest BCUT2D eigenvalue weighted by Crippen LogP contribution is -2.57. The SMILES string of the molecule is CC(C)C[C@H]1C(=O)NCCN1C(=O)c1ncsc1Br. The number of carbonyl (C=O) groups is 2. The van der Waals surface area contributed by atoms with E-state index >= 15 is 0 Å². The predicted molar refractivity (Wildman–Crippen MR) is 77.1 cm³/mol. The Morgan fingerprint density at radius 1 is 1.68 bits per heavy atom. The molecule has 0 bridgehead atoms. The molecule has 104 valence electrons. The summed E-state index contributed by atoms with van der Waals surface area (Å²) in [5.74, 6) is 0.108. The fraction of sp³-hybridized carbons (Fsp3) is 0.583. The van der Waals surface area contributed by atoms with Gasteiger partial charge in [0, 0.05) is 13.1 Å². The molecule has 2 amide bonds. The van der Waals surface area contributed by atoms with Crippen molar-refractivity contribution < 1.29 is 9.59 Å². The molecule has 5 nitrogen and oxygen atoms in total. The average molecular weight is 346 g/mol. The van der Waals surface area contributed by atoms with E-state index in [1.54, 1.807) is 10.4 Å². The number of halogens is 1. The van der Waals surface area contributed by atoms with Gasteiger partial charge >= 0.3 is 0 Å². The number of piperazine rings is 1. The summed E-state index contributed by atoms with van der Waals surface area (Å²) in [5.41, 5.74) is 2.02. The number of nitrogens with zero attached hydrogens (tertiary/aromatic N) is 2. The summed E-state index contributed by atoms with van der Waals surface area (Å²) in [6, 6.07) is -0.394. The Labute approximate surface area is 124 Å². The van der Waals surface area contributed by atoms with E-state index in [0.717, 1.165) is 0 Å². The second-order valence-electron chi connectivity index (χ2n) is 4.91. The van der Waals surface area contributed by atoms with Gasteiger partial charge in [-0.3, -0.25) is 9.59 Å². The first-order valence-corrected chi connectivity index (χ1v) is 7.85. The molecule has 1 atom stereocenters. The quantitative estimate of drug-likeness (QED) is 0.909. The molecule has 0 spiro atoms. The molecule has 1 N–H and O–H groups in total. The first kappa shape index (κ1) is 14.5. The van der Waals surface area contributed by atoms with Gasteiger partial charge in [0.25, 0.3) is 5.91 Å². The second-order valence-corrected chi connectivity index (χ2v) is 7.08. The van der Waals surface area contributed by atoms with Crippen molar-refractivity contribution in [3.05, 3.63) is 15.0 Å². The van der Waals surface area contributed by atoms with Crippen molar-refractivity contribution in [1.29, 1.82) is 0 Å².